The largest absolute Gasteiger partial charge is 0.311 e. The van der Waals surface area contributed by atoms with E-state index in [1.165, 1.54) is 19.5 Å². The van der Waals surface area contributed by atoms with E-state index in [2.05, 4.69) is 37.9 Å². The molecule has 0 aliphatic carbocycles. The summed E-state index contributed by atoms with van der Waals surface area (Å²) in [5.41, 5.74) is 0. The van der Waals surface area contributed by atoms with Gasteiger partial charge in [0.05, 0.1) is 0 Å². The molecule has 3 unspecified atom stereocenters. The average Bonchev–Trinajstić information content (AvgIpc) is 2.11. The molecule has 0 spiro atoms. The van der Waals surface area contributed by atoms with E-state index in [-0.39, 0.29) is 0 Å². The Kier molecular flexibility index (Phi) is 4.20. The van der Waals surface area contributed by atoms with Crippen LogP contribution in [0.3, 0.4) is 0 Å². The normalized spacial score (nSPS) is 33.2. The van der Waals surface area contributed by atoms with Crippen molar-refractivity contribution in [3.8, 4) is 0 Å². The van der Waals surface area contributed by atoms with Gasteiger partial charge in [-0.3, -0.25) is 4.90 Å². The number of rotatable bonds is 3. The highest BCUT2D eigenvalue weighted by molar-refractivity contribution is 4.81. The Labute approximate surface area is 82.7 Å². The van der Waals surface area contributed by atoms with Crippen LogP contribution in [0.5, 0.6) is 0 Å². The van der Waals surface area contributed by atoms with Crippen LogP contribution in [0.1, 0.15) is 34.1 Å². The van der Waals surface area contributed by atoms with Crippen molar-refractivity contribution in [2.24, 2.45) is 5.92 Å². The van der Waals surface area contributed by atoms with Crippen LogP contribution in [0.4, 0.5) is 0 Å². The SMILES string of the molecule is CCC(C)CN1CC(C)NCC1C. The number of piperazine rings is 1. The lowest BCUT2D eigenvalue weighted by molar-refractivity contribution is 0.127. The molecule has 1 saturated heterocycles. The van der Waals surface area contributed by atoms with Crippen molar-refractivity contribution in [2.75, 3.05) is 19.6 Å². The molecule has 1 fully saturated rings. The maximum Gasteiger partial charge on any atom is 0.0193 e. The minimum absolute atomic E-state index is 0.667. The highest BCUT2D eigenvalue weighted by Gasteiger charge is 2.22. The van der Waals surface area contributed by atoms with E-state index < -0.39 is 0 Å². The molecule has 0 amide bonds. The fraction of sp³-hybridized carbons (Fsp3) is 1.00. The van der Waals surface area contributed by atoms with Crippen LogP contribution in [0.15, 0.2) is 0 Å². The molecule has 1 N–H and O–H groups in total. The lowest BCUT2D eigenvalue weighted by Crippen LogP contribution is -2.55. The molecule has 78 valence electrons. The Bertz CT molecular complexity index is 147. The Morgan fingerprint density at radius 2 is 2.15 bits per heavy atom. The molecular formula is C11H24N2. The zero-order chi connectivity index (χ0) is 9.84. The molecule has 1 heterocycles. The van der Waals surface area contributed by atoms with Gasteiger partial charge < -0.3 is 5.32 Å². The van der Waals surface area contributed by atoms with Crippen molar-refractivity contribution in [2.45, 2.75) is 46.2 Å². The van der Waals surface area contributed by atoms with Gasteiger partial charge in [0.2, 0.25) is 0 Å². The van der Waals surface area contributed by atoms with Crippen molar-refractivity contribution in [1.29, 1.82) is 0 Å². The quantitative estimate of drug-likeness (QED) is 0.718. The summed E-state index contributed by atoms with van der Waals surface area (Å²) in [7, 11) is 0. The molecule has 1 aliphatic rings. The standard InChI is InChI=1S/C11H24N2/c1-5-9(2)7-13-8-10(3)12-6-11(13)4/h9-12H,5-8H2,1-4H3. The van der Waals surface area contributed by atoms with Gasteiger partial charge in [-0.15, -0.1) is 0 Å². The molecule has 0 bridgehead atoms. The second-order valence-corrected chi connectivity index (χ2v) is 4.63. The zero-order valence-corrected chi connectivity index (χ0v) is 9.51. The molecule has 2 heteroatoms. The summed E-state index contributed by atoms with van der Waals surface area (Å²) in [6.07, 6.45) is 1.30. The van der Waals surface area contributed by atoms with Gasteiger partial charge in [0, 0.05) is 31.7 Å². The number of nitrogens with one attached hydrogen (secondary N) is 1. The maximum atomic E-state index is 3.51. The average molecular weight is 184 g/mol. The van der Waals surface area contributed by atoms with Crippen LogP contribution in [-0.4, -0.2) is 36.6 Å². The molecule has 1 aliphatic heterocycles. The molecule has 3 atom stereocenters. The van der Waals surface area contributed by atoms with Gasteiger partial charge in [0.1, 0.15) is 0 Å². The highest BCUT2D eigenvalue weighted by atomic mass is 15.2. The van der Waals surface area contributed by atoms with Crippen LogP contribution in [0.2, 0.25) is 0 Å². The van der Waals surface area contributed by atoms with Gasteiger partial charge in [-0.1, -0.05) is 20.3 Å². The zero-order valence-electron chi connectivity index (χ0n) is 9.51. The summed E-state index contributed by atoms with van der Waals surface area (Å²) in [5, 5.41) is 3.51. The van der Waals surface area contributed by atoms with Crippen molar-refractivity contribution in [3.05, 3.63) is 0 Å². The van der Waals surface area contributed by atoms with E-state index in [0.717, 1.165) is 12.5 Å². The summed E-state index contributed by atoms with van der Waals surface area (Å²) >= 11 is 0. The topological polar surface area (TPSA) is 15.3 Å². The first-order valence-electron chi connectivity index (χ1n) is 5.61. The fourth-order valence-corrected chi connectivity index (χ4v) is 1.88. The third-order valence-electron chi connectivity index (χ3n) is 3.14. The number of hydrogen-bond acceptors (Lipinski definition) is 2. The molecule has 13 heavy (non-hydrogen) atoms. The number of hydrogen-bond donors (Lipinski definition) is 1. The van der Waals surface area contributed by atoms with E-state index in [1.807, 2.05) is 0 Å². The van der Waals surface area contributed by atoms with E-state index in [0.29, 0.717) is 12.1 Å². The number of nitrogens with zero attached hydrogens (tertiary/aromatic N) is 1. The fourth-order valence-electron chi connectivity index (χ4n) is 1.88. The predicted molar refractivity (Wildman–Crippen MR) is 58.0 cm³/mol. The predicted octanol–water partition coefficient (Wildman–Crippen LogP) is 1.71. The molecule has 0 saturated carbocycles. The van der Waals surface area contributed by atoms with Crippen LogP contribution >= 0.6 is 0 Å². The molecule has 0 aromatic rings. The summed E-state index contributed by atoms with van der Waals surface area (Å²) in [5.74, 6) is 0.841. The Hall–Kier alpha value is -0.0800. The smallest absolute Gasteiger partial charge is 0.0193 e. The van der Waals surface area contributed by atoms with Crippen molar-refractivity contribution < 1.29 is 0 Å². The summed E-state index contributed by atoms with van der Waals surface area (Å²) < 4.78 is 0. The summed E-state index contributed by atoms with van der Waals surface area (Å²) in [6, 6.07) is 1.38. The van der Waals surface area contributed by atoms with Gasteiger partial charge in [-0.25, -0.2) is 0 Å². The van der Waals surface area contributed by atoms with E-state index in [9.17, 15) is 0 Å². The van der Waals surface area contributed by atoms with E-state index >= 15 is 0 Å². The monoisotopic (exact) mass is 184 g/mol. The van der Waals surface area contributed by atoms with Gasteiger partial charge in [-0.05, 0) is 19.8 Å². The molecule has 0 radical (unpaired) electrons. The van der Waals surface area contributed by atoms with Crippen molar-refractivity contribution in [3.63, 3.8) is 0 Å². The molecule has 0 aromatic heterocycles. The summed E-state index contributed by atoms with van der Waals surface area (Å²) in [4.78, 5) is 2.62. The summed E-state index contributed by atoms with van der Waals surface area (Å²) in [6.45, 7) is 12.9. The van der Waals surface area contributed by atoms with E-state index in [1.54, 1.807) is 0 Å². The first-order chi connectivity index (χ1) is 6.13. The molecule has 2 nitrogen and oxygen atoms in total. The van der Waals surface area contributed by atoms with E-state index in [4.69, 9.17) is 0 Å². The Morgan fingerprint density at radius 1 is 1.46 bits per heavy atom. The molecule has 1 rings (SSSR count). The first-order valence-corrected chi connectivity index (χ1v) is 5.61. The van der Waals surface area contributed by atoms with Gasteiger partial charge >= 0.3 is 0 Å². The minimum Gasteiger partial charge on any atom is -0.311 e. The third kappa shape index (κ3) is 3.28. The molecule has 0 aromatic carbocycles. The van der Waals surface area contributed by atoms with Gasteiger partial charge in [-0.2, -0.15) is 0 Å². The van der Waals surface area contributed by atoms with Gasteiger partial charge in [0.15, 0.2) is 0 Å². The van der Waals surface area contributed by atoms with Crippen molar-refractivity contribution >= 4 is 0 Å². The first kappa shape index (κ1) is 11.0. The van der Waals surface area contributed by atoms with Crippen LogP contribution in [-0.2, 0) is 0 Å². The van der Waals surface area contributed by atoms with Crippen LogP contribution in [0, 0.1) is 5.92 Å². The van der Waals surface area contributed by atoms with Crippen LogP contribution < -0.4 is 5.32 Å². The van der Waals surface area contributed by atoms with Gasteiger partial charge in [0.25, 0.3) is 0 Å². The second-order valence-electron chi connectivity index (χ2n) is 4.63. The molecular weight excluding hydrogens is 160 g/mol. The van der Waals surface area contributed by atoms with Crippen LogP contribution in [0.25, 0.3) is 0 Å². The highest BCUT2D eigenvalue weighted by Crippen LogP contribution is 2.11. The third-order valence-corrected chi connectivity index (χ3v) is 3.14. The minimum atomic E-state index is 0.667. The lowest BCUT2D eigenvalue weighted by Gasteiger charge is -2.38. The van der Waals surface area contributed by atoms with Crippen molar-refractivity contribution in [1.82, 2.24) is 10.2 Å². The maximum absolute atomic E-state index is 3.51. The second kappa shape index (κ2) is 4.97. The Balaban J connectivity index is 2.37. The Morgan fingerprint density at radius 3 is 2.77 bits per heavy atom. The lowest BCUT2D eigenvalue weighted by atomic mass is 10.1.